The number of carbonyl (C=O) groups excluding carboxylic acids is 2. The fourth-order valence-corrected chi connectivity index (χ4v) is 5.01. The molecule has 0 aromatic rings. The lowest BCUT2D eigenvalue weighted by molar-refractivity contribution is -0.150. The minimum atomic E-state index is -1.03. The van der Waals surface area contributed by atoms with E-state index in [1.807, 2.05) is 0 Å². The first kappa shape index (κ1) is 43.1. The number of ether oxygens (including phenoxy) is 1. The van der Waals surface area contributed by atoms with Gasteiger partial charge in [0.25, 0.3) is 0 Å². The van der Waals surface area contributed by atoms with Crippen LogP contribution in [0.1, 0.15) is 162 Å². The van der Waals surface area contributed by atoms with Gasteiger partial charge in [0, 0.05) is 12.8 Å². The van der Waals surface area contributed by atoms with Crippen molar-refractivity contribution < 1.29 is 24.2 Å². The Bertz CT molecular complexity index is 886. The summed E-state index contributed by atoms with van der Waals surface area (Å²) in [5, 5.41) is 11.0. The highest BCUT2D eigenvalue weighted by Gasteiger charge is 2.14. The number of amides is 1. The molecule has 0 aliphatic heterocycles. The van der Waals surface area contributed by atoms with Gasteiger partial charge in [-0.3, -0.25) is 14.4 Å². The Morgan fingerprint density at radius 3 is 1.63 bits per heavy atom. The summed E-state index contributed by atoms with van der Waals surface area (Å²) in [7, 11) is 0. The predicted octanol–water partition coefficient (Wildman–Crippen LogP) is 10.9. The van der Waals surface area contributed by atoms with Gasteiger partial charge < -0.3 is 15.2 Å². The zero-order chi connectivity index (χ0) is 33.8. The molecule has 1 unspecified atom stereocenters. The van der Waals surface area contributed by atoms with E-state index in [4.69, 9.17) is 9.84 Å². The van der Waals surface area contributed by atoms with Crippen LogP contribution in [0.3, 0.4) is 0 Å². The van der Waals surface area contributed by atoms with Gasteiger partial charge in [0.1, 0.15) is 12.6 Å². The van der Waals surface area contributed by atoms with Crippen LogP contribution in [0.25, 0.3) is 0 Å². The zero-order valence-corrected chi connectivity index (χ0v) is 29.4. The normalized spacial score (nSPS) is 12.7. The summed E-state index contributed by atoms with van der Waals surface area (Å²) < 4.78 is 5.92. The van der Waals surface area contributed by atoms with Gasteiger partial charge in [-0.15, -0.1) is 0 Å². The van der Waals surface area contributed by atoms with Crippen molar-refractivity contribution in [1.82, 2.24) is 5.32 Å². The van der Waals surface area contributed by atoms with Crippen molar-refractivity contribution in [3.8, 4) is 0 Å². The maximum absolute atomic E-state index is 12.6. The van der Waals surface area contributed by atoms with E-state index in [0.29, 0.717) is 12.8 Å². The van der Waals surface area contributed by atoms with Crippen LogP contribution < -0.4 is 5.32 Å². The first-order valence-corrected chi connectivity index (χ1v) is 18.4. The lowest BCUT2D eigenvalue weighted by Crippen LogP contribution is -2.28. The van der Waals surface area contributed by atoms with Crippen LogP contribution in [-0.2, 0) is 19.1 Å². The third kappa shape index (κ3) is 34.0. The number of hydrogen-bond donors (Lipinski definition) is 2. The maximum Gasteiger partial charge on any atom is 0.322 e. The van der Waals surface area contributed by atoms with Crippen molar-refractivity contribution in [3.05, 3.63) is 60.8 Å². The molecule has 1 atom stereocenters. The number of carbonyl (C=O) groups is 3. The second-order valence-corrected chi connectivity index (χ2v) is 12.1. The predicted molar refractivity (Wildman–Crippen MR) is 194 cm³/mol. The van der Waals surface area contributed by atoms with Crippen LogP contribution in [0.15, 0.2) is 60.8 Å². The Labute approximate surface area is 281 Å². The number of rotatable bonds is 32. The largest absolute Gasteiger partial charge is 0.480 e. The quantitative estimate of drug-likeness (QED) is 0.0433. The minimum Gasteiger partial charge on any atom is -0.480 e. The van der Waals surface area contributed by atoms with Gasteiger partial charge in [0.2, 0.25) is 5.91 Å². The van der Waals surface area contributed by atoms with E-state index < -0.39 is 5.97 Å². The third-order valence-corrected chi connectivity index (χ3v) is 7.70. The molecule has 1 amide bonds. The molecule has 6 heteroatoms. The highest BCUT2D eigenvalue weighted by molar-refractivity contribution is 5.80. The fourth-order valence-electron chi connectivity index (χ4n) is 5.01. The summed E-state index contributed by atoms with van der Waals surface area (Å²) in [6.07, 6.45) is 44.8. The number of hydrogen-bond acceptors (Lipinski definition) is 4. The Balaban J connectivity index is 4.09. The van der Waals surface area contributed by atoms with E-state index in [1.165, 1.54) is 32.1 Å². The maximum atomic E-state index is 12.6. The van der Waals surface area contributed by atoms with E-state index in [-0.39, 0.29) is 24.5 Å². The summed E-state index contributed by atoms with van der Waals surface area (Å²) in [5.74, 6) is -1.31. The molecule has 0 spiro atoms. The van der Waals surface area contributed by atoms with Crippen molar-refractivity contribution in [1.29, 1.82) is 0 Å². The molecule has 46 heavy (non-hydrogen) atoms. The highest BCUT2D eigenvalue weighted by atomic mass is 16.5. The van der Waals surface area contributed by atoms with Gasteiger partial charge in [0.05, 0.1) is 0 Å². The van der Waals surface area contributed by atoms with Crippen LogP contribution >= 0.6 is 0 Å². The topological polar surface area (TPSA) is 92.7 Å². The second kappa shape index (κ2) is 35.0. The molecule has 0 fully saturated rings. The molecule has 0 rings (SSSR count). The van der Waals surface area contributed by atoms with Crippen molar-refractivity contribution in [2.45, 2.75) is 168 Å². The first-order valence-electron chi connectivity index (χ1n) is 18.4. The number of aliphatic carboxylic acids is 1. The van der Waals surface area contributed by atoms with Crippen LogP contribution in [0, 0.1) is 0 Å². The average Bonchev–Trinajstić information content (AvgIpc) is 3.04. The SMILES string of the molecule is CC/C=C\C/C=C\C/C=C\C/C=C\C/C=C\CCCCCC(=O)OC(CCCCCCCC)CCCCCCC(=O)NCC(=O)O. The van der Waals surface area contributed by atoms with Crippen LogP contribution in [0.5, 0.6) is 0 Å². The fraction of sp³-hybridized carbons (Fsp3) is 0.675. The molecule has 0 heterocycles. The summed E-state index contributed by atoms with van der Waals surface area (Å²) in [4.78, 5) is 34.8. The van der Waals surface area contributed by atoms with Crippen LogP contribution in [-0.4, -0.2) is 35.6 Å². The second-order valence-electron chi connectivity index (χ2n) is 12.1. The van der Waals surface area contributed by atoms with Gasteiger partial charge in [0.15, 0.2) is 0 Å². The number of carboxylic acids is 1. The van der Waals surface area contributed by atoms with Crippen molar-refractivity contribution >= 4 is 17.8 Å². The van der Waals surface area contributed by atoms with Crippen LogP contribution in [0.2, 0.25) is 0 Å². The summed E-state index contributed by atoms with van der Waals surface area (Å²) >= 11 is 0. The van der Waals surface area contributed by atoms with Crippen molar-refractivity contribution in [2.75, 3.05) is 6.54 Å². The van der Waals surface area contributed by atoms with E-state index in [0.717, 1.165) is 103 Å². The molecule has 0 aromatic heterocycles. The monoisotopic (exact) mass is 642 g/mol. The highest BCUT2D eigenvalue weighted by Crippen LogP contribution is 2.18. The Morgan fingerprint density at radius 1 is 0.587 bits per heavy atom. The molecule has 2 N–H and O–H groups in total. The van der Waals surface area contributed by atoms with E-state index in [9.17, 15) is 14.4 Å². The molecule has 0 saturated heterocycles. The van der Waals surface area contributed by atoms with Gasteiger partial charge in [-0.1, -0.05) is 126 Å². The number of esters is 1. The third-order valence-electron chi connectivity index (χ3n) is 7.70. The van der Waals surface area contributed by atoms with Gasteiger partial charge in [-0.05, 0) is 83.5 Å². The summed E-state index contributed by atoms with van der Waals surface area (Å²) in [6.45, 7) is 4.05. The van der Waals surface area contributed by atoms with Crippen molar-refractivity contribution in [3.63, 3.8) is 0 Å². The molecular weight excluding hydrogens is 574 g/mol. The van der Waals surface area contributed by atoms with Crippen LogP contribution in [0.4, 0.5) is 0 Å². The lowest BCUT2D eigenvalue weighted by atomic mass is 10.0. The minimum absolute atomic E-state index is 0.0150. The lowest BCUT2D eigenvalue weighted by Gasteiger charge is -2.18. The molecule has 0 bridgehead atoms. The Hall–Kier alpha value is -2.89. The first-order chi connectivity index (χ1) is 22.5. The molecule has 0 radical (unpaired) electrons. The number of unbranched alkanes of at least 4 members (excludes halogenated alkanes) is 11. The van der Waals surface area contributed by atoms with E-state index in [1.54, 1.807) is 0 Å². The zero-order valence-electron chi connectivity index (χ0n) is 29.4. The van der Waals surface area contributed by atoms with Gasteiger partial charge in [-0.2, -0.15) is 0 Å². The molecule has 0 aliphatic carbocycles. The van der Waals surface area contributed by atoms with Gasteiger partial charge >= 0.3 is 11.9 Å². The van der Waals surface area contributed by atoms with Gasteiger partial charge in [-0.25, -0.2) is 0 Å². The van der Waals surface area contributed by atoms with Crippen molar-refractivity contribution in [2.24, 2.45) is 0 Å². The molecule has 0 saturated carbocycles. The standard InChI is InChI=1S/C40H67NO5/c1-3-5-7-9-11-12-13-14-15-16-17-18-19-20-21-22-23-25-31-35-40(45)46-37(32-28-24-10-8-6-4-2)33-29-26-27-30-34-38(42)41-36-39(43)44/h5,7,11-12,14-15,17-18,20-21,37H,3-4,6,8-10,13,16,19,22-36H2,1-2H3,(H,41,42)(H,43,44)/b7-5-,12-11-,15-14-,18-17-,21-20-. The van der Waals surface area contributed by atoms with E-state index >= 15 is 0 Å². The number of nitrogens with one attached hydrogen (secondary N) is 1. The Kier molecular flexibility index (Phi) is 32.8. The molecule has 0 aromatic carbocycles. The number of allylic oxidation sites excluding steroid dienone is 10. The van der Waals surface area contributed by atoms with E-state index in [2.05, 4.69) is 79.9 Å². The molecule has 262 valence electrons. The summed E-state index contributed by atoms with van der Waals surface area (Å²) in [6, 6.07) is 0. The average molecular weight is 642 g/mol. The molecule has 6 nitrogen and oxygen atoms in total. The summed E-state index contributed by atoms with van der Waals surface area (Å²) in [5.41, 5.74) is 0. The molecule has 0 aliphatic rings. The smallest absolute Gasteiger partial charge is 0.322 e. The molecular formula is C40H67NO5. The number of carboxylic acid groups (broad SMARTS) is 1. The Morgan fingerprint density at radius 2 is 1.07 bits per heavy atom.